The summed E-state index contributed by atoms with van der Waals surface area (Å²) in [6.07, 6.45) is 3.67. The molecule has 2 N–H and O–H groups in total. The molecule has 5 heteroatoms. The molecule has 0 unspecified atom stereocenters. The maximum absolute atomic E-state index is 14.0. The van der Waals surface area contributed by atoms with Gasteiger partial charge in [0.15, 0.2) is 11.6 Å². The number of ether oxygens (including phenoxy) is 1. The Morgan fingerprint density at radius 1 is 1.29 bits per heavy atom. The van der Waals surface area contributed by atoms with Gasteiger partial charge in [-0.3, -0.25) is 0 Å². The van der Waals surface area contributed by atoms with Gasteiger partial charge in [0.25, 0.3) is 0 Å². The van der Waals surface area contributed by atoms with Crippen LogP contribution in [-0.2, 0) is 6.42 Å². The van der Waals surface area contributed by atoms with Gasteiger partial charge in [-0.1, -0.05) is 31.9 Å². The smallest absolute Gasteiger partial charge is 0.492 e. The third-order valence-corrected chi connectivity index (χ3v) is 2.74. The Kier molecular flexibility index (Phi) is 5.45. The minimum atomic E-state index is -1.72. The predicted octanol–water partition coefficient (Wildman–Crippen LogP) is 1.25. The number of halogens is 1. The molecule has 0 heterocycles. The fourth-order valence-electron chi connectivity index (χ4n) is 1.78. The van der Waals surface area contributed by atoms with Crippen molar-refractivity contribution in [1.82, 2.24) is 0 Å². The number of methoxy groups -OCH3 is 1. The fourth-order valence-corrected chi connectivity index (χ4v) is 1.78. The van der Waals surface area contributed by atoms with Crippen molar-refractivity contribution >= 4 is 12.6 Å². The van der Waals surface area contributed by atoms with Gasteiger partial charge in [-0.05, 0) is 18.4 Å². The normalized spacial score (nSPS) is 10.4. The van der Waals surface area contributed by atoms with E-state index in [1.165, 1.54) is 13.2 Å². The van der Waals surface area contributed by atoms with Crippen LogP contribution in [0.5, 0.6) is 5.75 Å². The summed E-state index contributed by atoms with van der Waals surface area (Å²) >= 11 is 0. The molecular formula is C12H18BFO3. The molecule has 0 saturated heterocycles. The number of rotatable bonds is 6. The molecule has 1 aromatic rings. The third kappa shape index (κ3) is 3.44. The van der Waals surface area contributed by atoms with Gasteiger partial charge in [-0.25, -0.2) is 4.39 Å². The molecule has 0 atom stereocenters. The number of benzene rings is 1. The van der Waals surface area contributed by atoms with E-state index in [1.54, 1.807) is 6.07 Å². The summed E-state index contributed by atoms with van der Waals surface area (Å²) in [7, 11) is -0.399. The van der Waals surface area contributed by atoms with Crippen LogP contribution < -0.4 is 10.2 Å². The van der Waals surface area contributed by atoms with E-state index in [0.29, 0.717) is 12.0 Å². The van der Waals surface area contributed by atoms with Crippen molar-refractivity contribution in [3.8, 4) is 5.75 Å². The average Bonchev–Trinajstić information content (AvgIpc) is 2.30. The second-order valence-electron chi connectivity index (χ2n) is 3.99. The Labute approximate surface area is 101 Å². The van der Waals surface area contributed by atoms with Gasteiger partial charge in [0.1, 0.15) is 0 Å². The molecule has 0 aliphatic rings. The molecular weight excluding hydrogens is 222 g/mol. The topological polar surface area (TPSA) is 49.7 Å². The fraction of sp³-hybridized carbons (Fsp3) is 0.500. The van der Waals surface area contributed by atoms with Crippen LogP contribution in [0.1, 0.15) is 31.7 Å². The lowest BCUT2D eigenvalue weighted by molar-refractivity contribution is 0.379. The summed E-state index contributed by atoms with van der Waals surface area (Å²) in [5.41, 5.74) is 0.615. The highest BCUT2D eigenvalue weighted by Crippen LogP contribution is 2.20. The Bertz CT molecular complexity index is 369. The third-order valence-electron chi connectivity index (χ3n) is 2.74. The second-order valence-corrected chi connectivity index (χ2v) is 3.99. The van der Waals surface area contributed by atoms with Gasteiger partial charge in [0.2, 0.25) is 0 Å². The summed E-state index contributed by atoms with van der Waals surface area (Å²) in [6.45, 7) is 2.09. The van der Waals surface area contributed by atoms with E-state index >= 15 is 0 Å². The van der Waals surface area contributed by atoms with E-state index in [2.05, 4.69) is 6.92 Å². The summed E-state index contributed by atoms with van der Waals surface area (Å²) in [5, 5.41) is 18.1. The van der Waals surface area contributed by atoms with Crippen LogP contribution in [0.25, 0.3) is 0 Å². The Morgan fingerprint density at radius 2 is 2.00 bits per heavy atom. The lowest BCUT2D eigenvalue weighted by atomic mass is 9.78. The van der Waals surface area contributed by atoms with Crippen LogP contribution in [0, 0.1) is 5.82 Å². The van der Waals surface area contributed by atoms with Crippen LogP contribution in [-0.4, -0.2) is 24.3 Å². The van der Waals surface area contributed by atoms with Gasteiger partial charge < -0.3 is 14.8 Å². The minimum absolute atomic E-state index is 0.0595. The lowest BCUT2D eigenvalue weighted by Gasteiger charge is -2.12. The predicted molar refractivity (Wildman–Crippen MR) is 66.0 cm³/mol. The van der Waals surface area contributed by atoms with Gasteiger partial charge in [-0.15, -0.1) is 0 Å². The van der Waals surface area contributed by atoms with Gasteiger partial charge in [-0.2, -0.15) is 0 Å². The molecule has 0 amide bonds. The Morgan fingerprint density at radius 3 is 2.53 bits per heavy atom. The highest BCUT2D eigenvalue weighted by atomic mass is 19.1. The quantitative estimate of drug-likeness (QED) is 0.581. The van der Waals surface area contributed by atoms with Crippen LogP contribution in [0.2, 0.25) is 0 Å². The zero-order chi connectivity index (χ0) is 12.8. The molecule has 0 bridgehead atoms. The van der Waals surface area contributed by atoms with Crippen molar-refractivity contribution in [3.63, 3.8) is 0 Å². The number of unbranched alkanes of at least 4 members (excludes halogenated alkanes) is 2. The molecule has 0 fully saturated rings. The molecule has 1 aromatic carbocycles. The van der Waals surface area contributed by atoms with E-state index in [0.717, 1.165) is 19.3 Å². The maximum atomic E-state index is 14.0. The van der Waals surface area contributed by atoms with Crippen LogP contribution in [0.4, 0.5) is 4.39 Å². The summed E-state index contributed by atoms with van der Waals surface area (Å²) in [5.74, 6) is -0.566. The maximum Gasteiger partial charge on any atom is 0.492 e. The van der Waals surface area contributed by atoms with Crippen molar-refractivity contribution in [2.75, 3.05) is 7.11 Å². The monoisotopic (exact) mass is 240 g/mol. The molecule has 1 rings (SSSR count). The van der Waals surface area contributed by atoms with E-state index in [9.17, 15) is 4.39 Å². The zero-order valence-electron chi connectivity index (χ0n) is 10.2. The van der Waals surface area contributed by atoms with Crippen LogP contribution in [0.15, 0.2) is 12.1 Å². The first-order chi connectivity index (χ1) is 8.11. The molecule has 17 heavy (non-hydrogen) atoms. The van der Waals surface area contributed by atoms with E-state index in [1.807, 2.05) is 0 Å². The van der Waals surface area contributed by atoms with Crippen LogP contribution in [0.3, 0.4) is 0 Å². The molecule has 0 spiro atoms. The minimum Gasteiger partial charge on any atom is -0.494 e. The van der Waals surface area contributed by atoms with Gasteiger partial charge >= 0.3 is 7.12 Å². The summed E-state index contributed by atoms with van der Waals surface area (Å²) in [6, 6.07) is 3.08. The standard InChI is InChI=1S/C12H18BFO3/c1-3-4-5-6-9-7-8-10(13(15)16)12(17-2)11(9)14/h7-8,15-16H,3-6H2,1-2H3. The molecule has 0 aliphatic carbocycles. The van der Waals surface area contributed by atoms with Gasteiger partial charge in [0.05, 0.1) is 7.11 Å². The van der Waals surface area contributed by atoms with Crippen molar-refractivity contribution in [1.29, 1.82) is 0 Å². The zero-order valence-corrected chi connectivity index (χ0v) is 10.2. The second kappa shape index (κ2) is 6.62. The number of hydrogen-bond donors (Lipinski definition) is 2. The van der Waals surface area contributed by atoms with E-state index in [-0.39, 0.29) is 11.2 Å². The summed E-state index contributed by atoms with van der Waals surface area (Å²) in [4.78, 5) is 0. The highest BCUT2D eigenvalue weighted by molar-refractivity contribution is 6.59. The molecule has 94 valence electrons. The van der Waals surface area contributed by atoms with Crippen molar-refractivity contribution < 1.29 is 19.2 Å². The van der Waals surface area contributed by atoms with E-state index in [4.69, 9.17) is 14.8 Å². The molecule has 0 aromatic heterocycles. The first-order valence-electron chi connectivity index (χ1n) is 5.83. The van der Waals surface area contributed by atoms with Crippen LogP contribution >= 0.6 is 0 Å². The number of hydrogen-bond acceptors (Lipinski definition) is 3. The largest absolute Gasteiger partial charge is 0.494 e. The number of aryl methyl sites for hydroxylation is 1. The van der Waals surface area contributed by atoms with Gasteiger partial charge in [0, 0.05) is 5.46 Å². The van der Waals surface area contributed by atoms with Crippen molar-refractivity contribution in [3.05, 3.63) is 23.5 Å². The molecule has 3 nitrogen and oxygen atoms in total. The first-order valence-corrected chi connectivity index (χ1v) is 5.83. The van der Waals surface area contributed by atoms with Crippen molar-refractivity contribution in [2.45, 2.75) is 32.6 Å². The Hall–Kier alpha value is -1.07. The molecule has 0 saturated carbocycles. The first kappa shape index (κ1) is 14.0. The average molecular weight is 240 g/mol. The van der Waals surface area contributed by atoms with E-state index < -0.39 is 12.9 Å². The highest BCUT2D eigenvalue weighted by Gasteiger charge is 2.21. The Balaban J connectivity index is 2.94. The SMILES string of the molecule is CCCCCc1ccc(B(O)O)c(OC)c1F. The molecule has 0 aliphatic heterocycles. The van der Waals surface area contributed by atoms with Crippen molar-refractivity contribution in [2.24, 2.45) is 0 Å². The molecule has 0 radical (unpaired) electrons. The lowest BCUT2D eigenvalue weighted by Crippen LogP contribution is -2.32. The summed E-state index contributed by atoms with van der Waals surface area (Å²) < 4.78 is 18.9.